The van der Waals surface area contributed by atoms with Gasteiger partial charge in [-0.15, -0.1) is 0 Å². The summed E-state index contributed by atoms with van der Waals surface area (Å²) in [6.45, 7) is 0. The van der Waals surface area contributed by atoms with Gasteiger partial charge in [0.1, 0.15) is 0 Å². The van der Waals surface area contributed by atoms with Crippen LogP contribution in [0.4, 0.5) is 5.82 Å². The number of pyridine rings is 1. The summed E-state index contributed by atoms with van der Waals surface area (Å²) >= 11 is 6.28. The Morgan fingerprint density at radius 1 is 1.14 bits per heavy atom. The van der Waals surface area contributed by atoms with Crippen LogP contribution in [0.5, 0.6) is 5.88 Å². The molecular weight excluding hydrogens is 288 g/mol. The minimum Gasteiger partial charge on any atom is -0.481 e. The Kier molecular flexibility index (Phi) is 3.50. The monoisotopic (exact) mass is 300 g/mol. The molecule has 5 nitrogen and oxygen atoms in total. The second-order valence-electron chi connectivity index (χ2n) is 4.40. The van der Waals surface area contributed by atoms with Gasteiger partial charge in [-0.3, -0.25) is 5.10 Å². The summed E-state index contributed by atoms with van der Waals surface area (Å²) in [5.41, 5.74) is 9.07. The van der Waals surface area contributed by atoms with Crippen LogP contribution in [0, 0.1) is 0 Å². The molecule has 0 saturated heterocycles. The van der Waals surface area contributed by atoms with Crippen molar-refractivity contribution in [2.75, 3.05) is 12.8 Å². The van der Waals surface area contributed by atoms with Gasteiger partial charge in [0, 0.05) is 16.8 Å². The quantitative estimate of drug-likeness (QED) is 0.777. The molecule has 0 bridgehead atoms. The second-order valence-corrected chi connectivity index (χ2v) is 4.81. The molecule has 0 saturated carbocycles. The van der Waals surface area contributed by atoms with Crippen LogP contribution in [0.3, 0.4) is 0 Å². The van der Waals surface area contributed by atoms with E-state index in [2.05, 4.69) is 15.2 Å². The maximum Gasteiger partial charge on any atom is 0.222 e. The van der Waals surface area contributed by atoms with Crippen molar-refractivity contribution in [3.05, 3.63) is 47.6 Å². The highest BCUT2D eigenvalue weighted by atomic mass is 35.5. The molecule has 106 valence electrons. The van der Waals surface area contributed by atoms with Crippen LogP contribution in [-0.4, -0.2) is 22.3 Å². The van der Waals surface area contributed by atoms with E-state index in [1.54, 1.807) is 13.3 Å². The lowest BCUT2D eigenvalue weighted by molar-refractivity contribution is 0.399. The van der Waals surface area contributed by atoms with E-state index in [1.807, 2.05) is 36.4 Å². The van der Waals surface area contributed by atoms with E-state index < -0.39 is 0 Å². The minimum absolute atomic E-state index is 0.379. The molecule has 3 N–H and O–H groups in total. The fourth-order valence-electron chi connectivity index (χ4n) is 2.23. The number of aromatic nitrogens is 3. The molecule has 0 unspecified atom stereocenters. The molecule has 0 spiro atoms. The summed E-state index contributed by atoms with van der Waals surface area (Å²) in [5, 5.41) is 7.64. The van der Waals surface area contributed by atoms with Crippen molar-refractivity contribution in [1.29, 1.82) is 0 Å². The Bertz CT molecular complexity index is 785. The molecule has 3 aromatic rings. The van der Waals surface area contributed by atoms with Crippen LogP contribution >= 0.6 is 11.6 Å². The van der Waals surface area contributed by atoms with Gasteiger partial charge in [0.15, 0.2) is 5.82 Å². The topological polar surface area (TPSA) is 76.8 Å². The lowest BCUT2D eigenvalue weighted by Crippen LogP contribution is -1.93. The van der Waals surface area contributed by atoms with Gasteiger partial charge in [0.25, 0.3) is 0 Å². The molecule has 0 aliphatic rings. The number of hydrogen-bond donors (Lipinski definition) is 2. The van der Waals surface area contributed by atoms with Gasteiger partial charge < -0.3 is 10.5 Å². The Morgan fingerprint density at radius 2 is 1.90 bits per heavy atom. The van der Waals surface area contributed by atoms with E-state index in [1.165, 1.54) is 0 Å². The predicted octanol–water partition coefficient (Wildman–Crippen LogP) is 3.38. The summed E-state index contributed by atoms with van der Waals surface area (Å²) in [6.07, 6.45) is 1.66. The summed E-state index contributed by atoms with van der Waals surface area (Å²) in [4.78, 5) is 4.20. The molecule has 0 radical (unpaired) electrons. The maximum atomic E-state index is 6.28. The van der Waals surface area contributed by atoms with Crippen LogP contribution in [0.15, 0.2) is 42.6 Å². The third-order valence-electron chi connectivity index (χ3n) is 3.17. The van der Waals surface area contributed by atoms with Crippen LogP contribution in [0.1, 0.15) is 0 Å². The Hall–Kier alpha value is -2.53. The minimum atomic E-state index is 0.379. The normalized spacial score (nSPS) is 10.6. The van der Waals surface area contributed by atoms with E-state index in [9.17, 15) is 0 Å². The van der Waals surface area contributed by atoms with E-state index >= 15 is 0 Å². The van der Waals surface area contributed by atoms with Gasteiger partial charge in [-0.1, -0.05) is 29.8 Å². The first-order valence-electron chi connectivity index (χ1n) is 6.30. The van der Waals surface area contributed by atoms with Crippen molar-refractivity contribution in [3.63, 3.8) is 0 Å². The SMILES string of the molecule is COc1ncccc1-c1[nH]nc(N)c1-c1ccccc1Cl. The highest BCUT2D eigenvalue weighted by molar-refractivity contribution is 6.33. The van der Waals surface area contributed by atoms with Crippen molar-refractivity contribution in [2.45, 2.75) is 0 Å². The van der Waals surface area contributed by atoms with Crippen molar-refractivity contribution in [3.8, 4) is 28.3 Å². The first kappa shape index (κ1) is 13.5. The van der Waals surface area contributed by atoms with Gasteiger partial charge in [0.2, 0.25) is 5.88 Å². The number of anilines is 1. The van der Waals surface area contributed by atoms with Crippen LogP contribution in [0.2, 0.25) is 5.02 Å². The van der Waals surface area contributed by atoms with Gasteiger partial charge in [0.05, 0.1) is 23.9 Å². The molecule has 0 fully saturated rings. The lowest BCUT2D eigenvalue weighted by atomic mass is 10.0. The van der Waals surface area contributed by atoms with Crippen molar-refractivity contribution in [1.82, 2.24) is 15.2 Å². The third kappa shape index (κ3) is 2.32. The molecule has 6 heteroatoms. The molecular formula is C15H13ClN4O. The zero-order valence-electron chi connectivity index (χ0n) is 11.3. The zero-order valence-corrected chi connectivity index (χ0v) is 12.1. The zero-order chi connectivity index (χ0) is 14.8. The first-order chi connectivity index (χ1) is 10.2. The molecule has 3 rings (SSSR count). The molecule has 0 amide bonds. The maximum absolute atomic E-state index is 6.28. The summed E-state index contributed by atoms with van der Waals surface area (Å²) in [5.74, 6) is 0.874. The average Bonchev–Trinajstić information content (AvgIpc) is 2.89. The molecule has 0 aliphatic carbocycles. The highest BCUT2D eigenvalue weighted by Gasteiger charge is 2.19. The number of benzene rings is 1. The van der Waals surface area contributed by atoms with Crippen LogP contribution in [-0.2, 0) is 0 Å². The number of H-pyrrole nitrogens is 1. The van der Waals surface area contributed by atoms with E-state index in [0.717, 1.165) is 22.4 Å². The molecule has 2 heterocycles. The standard InChI is InChI=1S/C15H13ClN4O/c1-21-15-10(6-4-8-18-15)13-12(14(17)20-19-13)9-5-2-3-7-11(9)16/h2-8H,1H3,(H3,17,19,20). The number of nitrogens with zero attached hydrogens (tertiary/aromatic N) is 2. The fraction of sp³-hybridized carbons (Fsp3) is 0.0667. The number of nitrogens with one attached hydrogen (secondary N) is 1. The lowest BCUT2D eigenvalue weighted by Gasteiger charge is -2.09. The number of rotatable bonds is 3. The number of halogens is 1. The number of nitrogens with two attached hydrogens (primary N) is 1. The highest BCUT2D eigenvalue weighted by Crippen LogP contribution is 2.40. The molecule has 21 heavy (non-hydrogen) atoms. The van der Waals surface area contributed by atoms with Crippen LogP contribution in [0.25, 0.3) is 22.4 Å². The number of nitrogen functional groups attached to an aromatic ring is 1. The number of aromatic amines is 1. The van der Waals surface area contributed by atoms with E-state index in [0.29, 0.717) is 16.7 Å². The van der Waals surface area contributed by atoms with Crippen LogP contribution < -0.4 is 10.5 Å². The number of ether oxygens (including phenoxy) is 1. The average molecular weight is 301 g/mol. The van der Waals surface area contributed by atoms with Crippen molar-refractivity contribution < 1.29 is 4.74 Å². The summed E-state index contributed by atoms with van der Waals surface area (Å²) in [6, 6.07) is 11.2. The Labute approximate surface area is 126 Å². The van der Waals surface area contributed by atoms with Crippen molar-refractivity contribution in [2.24, 2.45) is 0 Å². The first-order valence-corrected chi connectivity index (χ1v) is 6.68. The van der Waals surface area contributed by atoms with E-state index in [4.69, 9.17) is 22.1 Å². The molecule has 0 aliphatic heterocycles. The largest absolute Gasteiger partial charge is 0.481 e. The Morgan fingerprint density at radius 3 is 2.67 bits per heavy atom. The third-order valence-corrected chi connectivity index (χ3v) is 3.50. The molecule has 2 aromatic heterocycles. The number of hydrogen-bond acceptors (Lipinski definition) is 4. The van der Waals surface area contributed by atoms with E-state index in [-0.39, 0.29) is 0 Å². The van der Waals surface area contributed by atoms with Gasteiger partial charge in [-0.25, -0.2) is 4.98 Å². The van der Waals surface area contributed by atoms with Gasteiger partial charge >= 0.3 is 0 Å². The fourth-order valence-corrected chi connectivity index (χ4v) is 2.46. The smallest absolute Gasteiger partial charge is 0.222 e. The summed E-state index contributed by atoms with van der Waals surface area (Å²) < 4.78 is 5.30. The molecule has 0 atom stereocenters. The second kappa shape index (κ2) is 5.46. The molecule has 1 aromatic carbocycles. The predicted molar refractivity (Wildman–Crippen MR) is 83.2 cm³/mol. The summed E-state index contributed by atoms with van der Waals surface area (Å²) in [7, 11) is 1.57. The van der Waals surface area contributed by atoms with Gasteiger partial charge in [-0.05, 0) is 18.2 Å². The Balaban J connectivity index is 2.25. The van der Waals surface area contributed by atoms with Crippen molar-refractivity contribution >= 4 is 17.4 Å². The number of methoxy groups -OCH3 is 1. The van der Waals surface area contributed by atoms with Gasteiger partial charge in [-0.2, -0.15) is 5.10 Å².